The molecule has 0 aliphatic rings. The van der Waals surface area contributed by atoms with Gasteiger partial charge in [-0.15, -0.1) is 0 Å². The van der Waals surface area contributed by atoms with Gasteiger partial charge in [-0.05, 0) is 36.3 Å². The van der Waals surface area contributed by atoms with Crippen LogP contribution in [0.3, 0.4) is 0 Å². The molecule has 0 nitrogen and oxygen atoms in total. The Labute approximate surface area is 279 Å². The van der Waals surface area contributed by atoms with Crippen LogP contribution in [0.15, 0.2) is 24.3 Å². The van der Waals surface area contributed by atoms with Crippen molar-refractivity contribution < 1.29 is 0 Å². The molecule has 1 unspecified atom stereocenters. The Hall–Kier alpha value is -0.780. The molecule has 1 atom stereocenters. The number of benzene rings is 1. The molecule has 1 aromatic carbocycles. The average molecular weight is 611 g/mol. The zero-order valence-corrected chi connectivity index (χ0v) is 30.9. The summed E-state index contributed by atoms with van der Waals surface area (Å²) in [6.07, 6.45) is 49.1. The first-order valence-electron chi connectivity index (χ1n) is 20.9. The molecule has 0 N–H and O–H groups in total. The highest BCUT2D eigenvalue weighted by Gasteiger charge is 2.06. The Balaban J connectivity index is 1.86. The Morgan fingerprint density at radius 1 is 0.341 bits per heavy atom. The Bertz CT molecular complexity index is 657. The third-order valence-electron chi connectivity index (χ3n) is 10.4. The molecule has 258 valence electrons. The highest BCUT2D eigenvalue weighted by atomic mass is 14.1. The first kappa shape index (κ1) is 41.2. The molecule has 0 aromatic heterocycles. The molecule has 0 saturated heterocycles. The maximum absolute atomic E-state index is 2.44. The third kappa shape index (κ3) is 27.5. The lowest BCUT2D eigenvalue weighted by Crippen LogP contribution is -1.95. The Morgan fingerprint density at radius 3 is 0.932 bits per heavy atom. The van der Waals surface area contributed by atoms with Crippen LogP contribution in [0.5, 0.6) is 0 Å². The van der Waals surface area contributed by atoms with Crippen molar-refractivity contribution in [2.75, 3.05) is 0 Å². The van der Waals surface area contributed by atoms with Gasteiger partial charge in [-0.3, -0.25) is 0 Å². The van der Waals surface area contributed by atoms with Gasteiger partial charge in [0.15, 0.2) is 0 Å². The Kier molecular flexibility index (Phi) is 31.5. The molecular formula is C44H82. The van der Waals surface area contributed by atoms with E-state index in [9.17, 15) is 0 Å². The first-order valence-corrected chi connectivity index (χ1v) is 20.9. The fraction of sp³-hybridized carbons (Fsp3) is 0.864. The maximum Gasteiger partial charge on any atom is -0.0190 e. The molecule has 0 saturated carbocycles. The summed E-state index contributed by atoms with van der Waals surface area (Å²) >= 11 is 0. The largest absolute Gasteiger partial charge is 0.0654 e. The van der Waals surface area contributed by atoms with Crippen LogP contribution in [0.25, 0.3) is 0 Å². The quantitative estimate of drug-likeness (QED) is 0.0671. The molecule has 1 rings (SSSR count). The summed E-state index contributed by atoms with van der Waals surface area (Å²) in [5.74, 6) is 0.714. The molecular weight excluding hydrogens is 528 g/mol. The van der Waals surface area contributed by atoms with Crippen LogP contribution in [0.4, 0.5) is 0 Å². The van der Waals surface area contributed by atoms with E-state index < -0.39 is 0 Å². The van der Waals surface area contributed by atoms with Gasteiger partial charge in [0.1, 0.15) is 0 Å². The fourth-order valence-corrected chi connectivity index (χ4v) is 7.06. The number of hydrogen-bond donors (Lipinski definition) is 0. The lowest BCUT2D eigenvalue weighted by Gasteiger charge is -2.13. The van der Waals surface area contributed by atoms with Crippen molar-refractivity contribution in [3.05, 3.63) is 35.4 Å². The van der Waals surface area contributed by atoms with Crippen LogP contribution in [0.1, 0.15) is 250 Å². The SMILES string of the molecule is CCCCCCCCCCCCCCCCCCc1ccc(C(C)CCCCCCCCCCCCCCCCCC)cc1. The topological polar surface area (TPSA) is 0 Å². The summed E-state index contributed by atoms with van der Waals surface area (Å²) in [5, 5.41) is 0. The first-order chi connectivity index (χ1) is 21.8. The van der Waals surface area contributed by atoms with Gasteiger partial charge < -0.3 is 0 Å². The minimum atomic E-state index is 0.714. The number of aryl methyl sites for hydroxylation is 1. The molecule has 0 heterocycles. The van der Waals surface area contributed by atoms with Gasteiger partial charge in [-0.25, -0.2) is 0 Å². The standard InChI is InChI=1S/C44H82/c1-4-6-8-10-12-14-16-18-20-22-24-26-28-30-32-34-36-42(3)44-40-38-43(39-41-44)37-35-33-31-29-27-25-23-21-19-17-15-13-11-9-7-5-2/h38-42H,4-37H2,1-3H3. The predicted molar refractivity (Wildman–Crippen MR) is 202 cm³/mol. The summed E-state index contributed by atoms with van der Waals surface area (Å²) in [5.41, 5.74) is 3.11. The fourth-order valence-electron chi connectivity index (χ4n) is 7.06. The van der Waals surface area contributed by atoms with Gasteiger partial charge >= 0.3 is 0 Å². The van der Waals surface area contributed by atoms with Gasteiger partial charge in [0.25, 0.3) is 0 Å². The monoisotopic (exact) mass is 611 g/mol. The zero-order chi connectivity index (χ0) is 31.6. The smallest absolute Gasteiger partial charge is 0.0190 e. The number of rotatable bonds is 35. The highest BCUT2D eigenvalue weighted by Crippen LogP contribution is 2.24. The zero-order valence-electron chi connectivity index (χ0n) is 30.9. The molecule has 0 fully saturated rings. The number of hydrogen-bond acceptors (Lipinski definition) is 0. The summed E-state index contributed by atoms with van der Waals surface area (Å²) in [6, 6.07) is 9.70. The van der Waals surface area contributed by atoms with Crippen molar-refractivity contribution in [3.63, 3.8) is 0 Å². The highest BCUT2D eigenvalue weighted by molar-refractivity contribution is 5.25. The van der Waals surface area contributed by atoms with Crippen molar-refractivity contribution in [1.29, 1.82) is 0 Å². The second-order valence-corrected chi connectivity index (χ2v) is 14.8. The van der Waals surface area contributed by atoms with Gasteiger partial charge in [-0.1, -0.05) is 244 Å². The van der Waals surface area contributed by atoms with E-state index in [1.165, 1.54) is 218 Å². The van der Waals surface area contributed by atoms with Crippen molar-refractivity contribution in [2.45, 2.75) is 245 Å². The second-order valence-electron chi connectivity index (χ2n) is 14.8. The van der Waals surface area contributed by atoms with Gasteiger partial charge in [0, 0.05) is 0 Å². The molecule has 0 amide bonds. The van der Waals surface area contributed by atoms with Gasteiger partial charge in [0.2, 0.25) is 0 Å². The summed E-state index contributed by atoms with van der Waals surface area (Å²) in [6.45, 7) is 7.06. The van der Waals surface area contributed by atoms with Gasteiger partial charge in [-0.2, -0.15) is 0 Å². The van der Waals surface area contributed by atoms with Crippen LogP contribution in [-0.4, -0.2) is 0 Å². The lowest BCUT2D eigenvalue weighted by atomic mass is 9.93. The van der Waals surface area contributed by atoms with E-state index in [4.69, 9.17) is 0 Å². The normalized spacial score (nSPS) is 12.2. The summed E-state index contributed by atoms with van der Waals surface area (Å²) in [4.78, 5) is 0. The molecule has 0 bridgehead atoms. The van der Waals surface area contributed by atoms with Crippen LogP contribution in [0.2, 0.25) is 0 Å². The Morgan fingerprint density at radius 2 is 0.614 bits per heavy atom. The predicted octanol–water partition coefficient (Wildman–Crippen LogP) is 16.2. The minimum absolute atomic E-state index is 0.714. The lowest BCUT2D eigenvalue weighted by molar-refractivity contribution is 0.521. The summed E-state index contributed by atoms with van der Waals surface area (Å²) < 4.78 is 0. The van der Waals surface area contributed by atoms with Crippen molar-refractivity contribution in [2.24, 2.45) is 0 Å². The minimum Gasteiger partial charge on any atom is -0.0654 e. The van der Waals surface area contributed by atoms with E-state index in [0.717, 1.165) is 0 Å². The van der Waals surface area contributed by atoms with Crippen LogP contribution in [0, 0.1) is 0 Å². The van der Waals surface area contributed by atoms with E-state index in [2.05, 4.69) is 45.0 Å². The molecule has 44 heavy (non-hydrogen) atoms. The van der Waals surface area contributed by atoms with Crippen molar-refractivity contribution >= 4 is 0 Å². The molecule has 1 aromatic rings. The number of unbranched alkanes of at least 4 members (excludes halogenated alkanes) is 30. The van der Waals surface area contributed by atoms with E-state index in [0.29, 0.717) is 5.92 Å². The van der Waals surface area contributed by atoms with Crippen molar-refractivity contribution in [3.8, 4) is 0 Å². The third-order valence-corrected chi connectivity index (χ3v) is 10.4. The molecule has 0 spiro atoms. The molecule has 0 aliphatic carbocycles. The van der Waals surface area contributed by atoms with E-state index >= 15 is 0 Å². The van der Waals surface area contributed by atoms with Crippen LogP contribution < -0.4 is 0 Å². The van der Waals surface area contributed by atoms with E-state index in [-0.39, 0.29) is 0 Å². The second kappa shape index (κ2) is 33.6. The van der Waals surface area contributed by atoms with Crippen LogP contribution in [-0.2, 0) is 6.42 Å². The van der Waals surface area contributed by atoms with Gasteiger partial charge in [0.05, 0.1) is 0 Å². The summed E-state index contributed by atoms with van der Waals surface area (Å²) in [7, 11) is 0. The van der Waals surface area contributed by atoms with Crippen molar-refractivity contribution in [1.82, 2.24) is 0 Å². The maximum atomic E-state index is 2.44. The molecule has 0 aliphatic heterocycles. The average Bonchev–Trinajstić information content (AvgIpc) is 3.04. The van der Waals surface area contributed by atoms with E-state index in [1.54, 1.807) is 11.1 Å². The molecule has 0 heteroatoms. The molecule has 0 radical (unpaired) electrons. The van der Waals surface area contributed by atoms with Crippen LogP contribution >= 0.6 is 0 Å². The van der Waals surface area contributed by atoms with E-state index in [1.807, 2.05) is 0 Å².